The second kappa shape index (κ2) is 6.06. The van der Waals surface area contributed by atoms with E-state index in [-0.39, 0.29) is 6.10 Å². The molecule has 1 aliphatic carbocycles. The van der Waals surface area contributed by atoms with Gasteiger partial charge in [0.05, 0.1) is 6.10 Å². The SMILES string of the molecule is OC(CN1CCC[C@H]2CCCC[C@H]21)c1ccccc1. The number of piperidine rings is 1. The summed E-state index contributed by atoms with van der Waals surface area (Å²) in [6.07, 6.45) is 7.91. The van der Waals surface area contributed by atoms with Crippen molar-refractivity contribution in [3.63, 3.8) is 0 Å². The summed E-state index contributed by atoms with van der Waals surface area (Å²) in [5, 5.41) is 10.4. The highest BCUT2D eigenvalue weighted by molar-refractivity contribution is 5.17. The lowest BCUT2D eigenvalue weighted by Crippen LogP contribution is -2.48. The quantitative estimate of drug-likeness (QED) is 0.899. The van der Waals surface area contributed by atoms with Crippen molar-refractivity contribution in [2.75, 3.05) is 13.1 Å². The molecule has 104 valence electrons. The first-order valence-corrected chi connectivity index (χ1v) is 7.81. The zero-order valence-corrected chi connectivity index (χ0v) is 11.7. The van der Waals surface area contributed by atoms with E-state index in [4.69, 9.17) is 0 Å². The maximum atomic E-state index is 10.4. The second-order valence-electron chi connectivity index (χ2n) is 6.18. The monoisotopic (exact) mass is 259 g/mol. The molecule has 2 heteroatoms. The molecule has 1 aliphatic heterocycles. The van der Waals surface area contributed by atoms with E-state index in [1.807, 2.05) is 30.3 Å². The van der Waals surface area contributed by atoms with Crippen LogP contribution in [-0.2, 0) is 0 Å². The molecule has 0 spiro atoms. The summed E-state index contributed by atoms with van der Waals surface area (Å²) in [7, 11) is 0. The van der Waals surface area contributed by atoms with Crippen molar-refractivity contribution < 1.29 is 5.11 Å². The van der Waals surface area contributed by atoms with Gasteiger partial charge in [0.2, 0.25) is 0 Å². The van der Waals surface area contributed by atoms with Gasteiger partial charge in [-0.15, -0.1) is 0 Å². The molecule has 0 bridgehead atoms. The summed E-state index contributed by atoms with van der Waals surface area (Å²) in [5.74, 6) is 0.894. The first-order valence-electron chi connectivity index (χ1n) is 7.81. The van der Waals surface area contributed by atoms with Crippen molar-refractivity contribution in [2.24, 2.45) is 5.92 Å². The van der Waals surface area contributed by atoms with E-state index in [0.29, 0.717) is 0 Å². The molecule has 1 unspecified atom stereocenters. The molecule has 1 heterocycles. The van der Waals surface area contributed by atoms with Gasteiger partial charge in [0.25, 0.3) is 0 Å². The average Bonchev–Trinajstić information content (AvgIpc) is 2.48. The van der Waals surface area contributed by atoms with Crippen LogP contribution in [0.1, 0.15) is 50.2 Å². The van der Waals surface area contributed by atoms with Gasteiger partial charge in [0.1, 0.15) is 0 Å². The molecule has 3 rings (SSSR count). The topological polar surface area (TPSA) is 23.5 Å². The molecular weight excluding hydrogens is 234 g/mol. The fourth-order valence-corrected chi connectivity index (χ4v) is 3.96. The van der Waals surface area contributed by atoms with Crippen molar-refractivity contribution in [1.29, 1.82) is 0 Å². The van der Waals surface area contributed by atoms with Gasteiger partial charge in [-0.05, 0) is 43.7 Å². The Balaban J connectivity index is 1.65. The number of rotatable bonds is 3. The number of likely N-dealkylation sites (tertiary alicyclic amines) is 1. The number of hydrogen-bond acceptors (Lipinski definition) is 2. The van der Waals surface area contributed by atoms with Crippen LogP contribution in [0.15, 0.2) is 30.3 Å². The summed E-state index contributed by atoms with van der Waals surface area (Å²) in [6, 6.07) is 10.8. The normalized spacial score (nSPS) is 29.7. The smallest absolute Gasteiger partial charge is 0.0917 e. The third-order valence-electron chi connectivity index (χ3n) is 4.95. The van der Waals surface area contributed by atoms with Crippen LogP contribution >= 0.6 is 0 Å². The van der Waals surface area contributed by atoms with Crippen molar-refractivity contribution in [3.8, 4) is 0 Å². The van der Waals surface area contributed by atoms with E-state index in [9.17, 15) is 5.11 Å². The van der Waals surface area contributed by atoms with Crippen LogP contribution < -0.4 is 0 Å². The van der Waals surface area contributed by atoms with E-state index in [1.54, 1.807) is 0 Å². The van der Waals surface area contributed by atoms with Gasteiger partial charge in [0, 0.05) is 12.6 Å². The Morgan fingerprint density at radius 3 is 2.63 bits per heavy atom. The van der Waals surface area contributed by atoms with Crippen LogP contribution in [0.25, 0.3) is 0 Å². The van der Waals surface area contributed by atoms with Crippen LogP contribution in [0.3, 0.4) is 0 Å². The van der Waals surface area contributed by atoms with E-state index < -0.39 is 0 Å². The molecule has 1 aromatic rings. The van der Waals surface area contributed by atoms with E-state index in [2.05, 4.69) is 4.90 Å². The van der Waals surface area contributed by atoms with Crippen molar-refractivity contribution >= 4 is 0 Å². The lowest BCUT2D eigenvalue weighted by Gasteiger charge is -2.44. The molecule has 1 N–H and O–H groups in total. The summed E-state index contributed by atoms with van der Waals surface area (Å²) >= 11 is 0. The molecule has 2 fully saturated rings. The fraction of sp³-hybridized carbons (Fsp3) is 0.647. The van der Waals surface area contributed by atoms with Gasteiger partial charge < -0.3 is 5.11 Å². The summed E-state index contributed by atoms with van der Waals surface area (Å²) in [5.41, 5.74) is 1.06. The minimum atomic E-state index is -0.332. The zero-order chi connectivity index (χ0) is 13.1. The molecule has 1 saturated carbocycles. The maximum absolute atomic E-state index is 10.4. The summed E-state index contributed by atoms with van der Waals surface area (Å²) < 4.78 is 0. The largest absolute Gasteiger partial charge is 0.387 e. The Hall–Kier alpha value is -0.860. The van der Waals surface area contributed by atoms with Gasteiger partial charge in [-0.2, -0.15) is 0 Å². The molecule has 3 atom stereocenters. The third kappa shape index (κ3) is 3.01. The molecule has 0 radical (unpaired) electrons. The Labute approximate surface area is 116 Å². The van der Waals surface area contributed by atoms with Crippen LogP contribution in [0.5, 0.6) is 0 Å². The number of β-amino-alcohol motifs (C(OH)–C–C–N with tert-alkyl or cyclic N) is 1. The maximum Gasteiger partial charge on any atom is 0.0917 e. The molecule has 0 amide bonds. The average molecular weight is 259 g/mol. The fourth-order valence-electron chi connectivity index (χ4n) is 3.96. The highest BCUT2D eigenvalue weighted by Gasteiger charge is 2.33. The van der Waals surface area contributed by atoms with Crippen LogP contribution in [-0.4, -0.2) is 29.1 Å². The molecule has 2 aliphatic rings. The predicted octanol–water partition coefficient (Wildman–Crippen LogP) is 3.37. The Morgan fingerprint density at radius 1 is 1.05 bits per heavy atom. The number of hydrogen-bond donors (Lipinski definition) is 1. The predicted molar refractivity (Wildman–Crippen MR) is 78.0 cm³/mol. The lowest BCUT2D eigenvalue weighted by atomic mass is 9.78. The number of aliphatic hydroxyl groups excluding tert-OH is 1. The van der Waals surface area contributed by atoms with Crippen molar-refractivity contribution in [3.05, 3.63) is 35.9 Å². The van der Waals surface area contributed by atoms with Crippen molar-refractivity contribution in [1.82, 2.24) is 4.90 Å². The van der Waals surface area contributed by atoms with Crippen molar-refractivity contribution in [2.45, 2.75) is 50.7 Å². The summed E-state index contributed by atoms with van der Waals surface area (Å²) in [6.45, 7) is 1.98. The van der Waals surface area contributed by atoms with Crippen LogP contribution in [0.2, 0.25) is 0 Å². The minimum Gasteiger partial charge on any atom is -0.387 e. The van der Waals surface area contributed by atoms with E-state index in [0.717, 1.165) is 24.1 Å². The van der Waals surface area contributed by atoms with Gasteiger partial charge in [-0.1, -0.05) is 43.2 Å². The Kier molecular flexibility index (Phi) is 4.19. The Morgan fingerprint density at radius 2 is 1.79 bits per heavy atom. The molecular formula is C17H25NO. The molecule has 2 nitrogen and oxygen atoms in total. The van der Waals surface area contributed by atoms with Gasteiger partial charge in [-0.3, -0.25) is 4.90 Å². The highest BCUT2D eigenvalue weighted by atomic mass is 16.3. The third-order valence-corrected chi connectivity index (χ3v) is 4.95. The van der Waals surface area contributed by atoms with Crippen LogP contribution in [0.4, 0.5) is 0 Å². The lowest BCUT2D eigenvalue weighted by molar-refractivity contribution is 0.0205. The first kappa shape index (κ1) is 13.1. The molecule has 1 saturated heterocycles. The second-order valence-corrected chi connectivity index (χ2v) is 6.18. The zero-order valence-electron chi connectivity index (χ0n) is 11.7. The highest BCUT2D eigenvalue weighted by Crippen LogP contribution is 2.35. The standard InChI is InChI=1S/C17H25NO/c19-17(15-8-2-1-3-9-15)13-18-12-6-10-14-7-4-5-11-16(14)18/h1-3,8-9,14,16-17,19H,4-7,10-13H2/t14-,16-,17?/m1/s1. The van der Waals surface area contributed by atoms with Gasteiger partial charge in [-0.25, -0.2) is 0 Å². The molecule has 0 aromatic heterocycles. The van der Waals surface area contributed by atoms with Crippen LogP contribution in [0, 0.1) is 5.92 Å². The number of benzene rings is 1. The number of fused-ring (bicyclic) bond motifs is 1. The number of nitrogens with zero attached hydrogens (tertiary/aromatic N) is 1. The first-order chi connectivity index (χ1) is 9.34. The number of aliphatic hydroxyl groups is 1. The minimum absolute atomic E-state index is 0.332. The van der Waals surface area contributed by atoms with E-state index in [1.165, 1.54) is 45.1 Å². The molecule has 1 aromatic carbocycles. The summed E-state index contributed by atoms with van der Waals surface area (Å²) in [4.78, 5) is 2.56. The van der Waals surface area contributed by atoms with Gasteiger partial charge >= 0.3 is 0 Å². The van der Waals surface area contributed by atoms with E-state index >= 15 is 0 Å². The van der Waals surface area contributed by atoms with Gasteiger partial charge in [0.15, 0.2) is 0 Å². The Bertz CT molecular complexity index is 390. The molecule has 19 heavy (non-hydrogen) atoms.